The van der Waals surface area contributed by atoms with E-state index in [4.69, 9.17) is 0 Å². The van der Waals surface area contributed by atoms with E-state index in [2.05, 4.69) is 27.7 Å². The summed E-state index contributed by atoms with van der Waals surface area (Å²) < 4.78 is 0. The monoisotopic (exact) mass is 330 g/mol. The molecule has 0 amide bonds. The molecule has 0 aliphatic rings. The fraction of sp³-hybridized carbons (Fsp3) is 1.00. The lowest BCUT2D eigenvalue weighted by Gasteiger charge is -2.24. The van der Waals surface area contributed by atoms with Gasteiger partial charge in [0.05, 0.1) is 24.6 Å². The van der Waals surface area contributed by atoms with E-state index >= 15 is 0 Å². The molecule has 0 saturated heterocycles. The molecule has 0 aromatic carbocycles. The van der Waals surface area contributed by atoms with Crippen molar-refractivity contribution in [2.24, 2.45) is 0 Å². The van der Waals surface area contributed by atoms with E-state index in [1.165, 1.54) is 38.0 Å². The van der Waals surface area contributed by atoms with Crippen molar-refractivity contribution in [3.63, 3.8) is 0 Å². The number of hydrogen-bond donors (Lipinski definition) is 0. The van der Waals surface area contributed by atoms with Crippen LogP contribution in [0.3, 0.4) is 0 Å². The van der Waals surface area contributed by atoms with Gasteiger partial charge in [0, 0.05) is 7.26 Å². The first-order valence-electron chi connectivity index (χ1n) is 6.09. The Morgan fingerprint density at radius 1 is 0.714 bits per heavy atom. The van der Waals surface area contributed by atoms with Gasteiger partial charge in [-0.25, -0.2) is 0 Å². The minimum Gasteiger partial charge on any atom is -1.00 e. The van der Waals surface area contributed by atoms with Crippen molar-refractivity contribution in [1.29, 1.82) is 0 Å². The normalized spacial score (nSPS) is 11.1. The highest BCUT2D eigenvalue weighted by Gasteiger charge is 2.31. The summed E-state index contributed by atoms with van der Waals surface area (Å²) in [6.45, 7) is 9.48. The van der Waals surface area contributed by atoms with E-state index in [0.717, 1.165) is 0 Å². The highest BCUT2D eigenvalue weighted by Crippen LogP contribution is 2.59. The van der Waals surface area contributed by atoms with Gasteiger partial charge < -0.3 is 24.0 Å². The van der Waals surface area contributed by atoms with Gasteiger partial charge in [0.2, 0.25) is 0 Å². The molecular weight excluding hydrogens is 302 g/mol. The highest BCUT2D eigenvalue weighted by molar-refractivity contribution is 7.75. The van der Waals surface area contributed by atoms with E-state index < -0.39 is 7.26 Å². The van der Waals surface area contributed by atoms with Gasteiger partial charge in [0.25, 0.3) is 0 Å². The molecule has 0 saturated carbocycles. The van der Waals surface area contributed by atoms with Crippen LogP contribution in [-0.2, 0) is 0 Å². The molecule has 0 rings (SSSR count). The van der Waals surface area contributed by atoms with E-state index in [0.29, 0.717) is 0 Å². The van der Waals surface area contributed by atoms with Gasteiger partial charge in [-0.2, -0.15) is 0 Å². The predicted molar refractivity (Wildman–Crippen MR) is 67.6 cm³/mol. The van der Waals surface area contributed by atoms with Crippen LogP contribution in [0.25, 0.3) is 0 Å². The average molecular weight is 330 g/mol. The lowest BCUT2D eigenvalue weighted by Crippen LogP contribution is -3.00. The molecule has 0 atom stereocenters. The third kappa shape index (κ3) is 6.61. The van der Waals surface area contributed by atoms with Gasteiger partial charge in [0.1, 0.15) is 0 Å². The molecule has 0 aliphatic carbocycles. The zero-order valence-corrected chi connectivity index (χ0v) is 13.5. The minimum atomic E-state index is -0.491. The molecule has 0 spiro atoms. The molecule has 0 heterocycles. The molecule has 0 nitrogen and oxygen atoms in total. The molecule has 0 aromatic heterocycles. The second kappa shape index (κ2) is 10.7. The number of rotatable bonds is 8. The Kier molecular flexibility index (Phi) is 13.4. The van der Waals surface area contributed by atoms with E-state index in [1.54, 1.807) is 12.3 Å². The Morgan fingerprint density at radius 2 is 1.07 bits per heavy atom. The first-order chi connectivity index (χ1) is 6.24. The van der Waals surface area contributed by atoms with E-state index in [9.17, 15) is 0 Å². The summed E-state index contributed by atoms with van der Waals surface area (Å²) in [4.78, 5) is 0. The molecule has 0 radical (unpaired) electrons. The van der Waals surface area contributed by atoms with Crippen molar-refractivity contribution in [2.75, 3.05) is 24.6 Å². The molecule has 0 aliphatic heterocycles. The van der Waals surface area contributed by atoms with Crippen LogP contribution in [0, 0.1) is 0 Å². The molecule has 14 heavy (non-hydrogen) atoms. The molecular formula is C12H28IP. The summed E-state index contributed by atoms with van der Waals surface area (Å²) in [5.41, 5.74) is 0. The third-order valence-corrected chi connectivity index (χ3v) is 8.53. The Morgan fingerprint density at radius 3 is 1.29 bits per heavy atom. The van der Waals surface area contributed by atoms with Crippen molar-refractivity contribution < 1.29 is 24.0 Å². The van der Waals surface area contributed by atoms with Crippen LogP contribution in [0.4, 0.5) is 0 Å². The summed E-state index contributed by atoms with van der Waals surface area (Å²) in [7, 11) is -0.491. The zero-order chi connectivity index (χ0) is 10.2. The van der Waals surface area contributed by atoms with Crippen LogP contribution < -0.4 is 24.0 Å². The first kappa shape index (κ1) is 17.6. The van der Waals surface area contributed by atoms with Gasteiger partial charge in [-0.05, 0) is 26.7 Å². The van der Waals surface area contributed by atoms with Crippen LogP contribution in [-0.4, -0.2) is 24.6 Å². The van der Waals surface area contributed by atoms with Crippen molar-refractivity contribution in [3.05, 3.63) is 0 Å². The second-order valence-electron chi connectivity index (χ2n) is 4.13. The largest absolute Gasteiger partial charge is 1.00 e. The fourth-order valence-electron chi connectivity index (χ4n) is 1.95. The Balaban J connectivity index is 0. The number of unbranched alkanes of at least 4 members (excludes halogenated alkanes) is 2. The third-order valence-electron chi connectivity index (χ3n) is 3.31. The number of halogens is 1. The summed E-state index contributed by atoms with van der Waals surface area (Å²) >= 11 is 0. The maximum atomic E-state index is 2.42. The Labute approximate surface area is 109 Å². The maximum Gasteiger partial charge on any atom is 0.0594 e. The number of hydrogen-bond acceptors (Lipinski definition) is 0. The smallest absolute Gasteiger partial charge is 0.0594 e. The van der Waals surface area contributed by atoms with Crippen LogP contribution in [0.1, 0.15) is 53.4 Å². The molecule has 2 heteroatoms. The van der Waals surface area contributed by atoms with Crippen molar-refractivity contribution in [1.82, 2.24) is 0 Å². The SMILES string of the molecule is CCCC[P+](CC)(CC)CCCC.[I-]. The molecule has 0 aromatic rings. The van der Waals surface area contributed by atoms with Crippen molar-refractivity contribution in [2.45, 2.75) is 53.4 Å². The first-order valence-corrected chi connectivity index (χ1v) is 8.62. The van der Waals surface area contributed by atoms with Crippen LogP contribution in [0.2, 0.25) is 0 Å². The lowest BCUT2D eigenvalue weighted by atomic mass is 10.4. The van der Waals surface area contributed by atoms with Crippen LogP contribution in [0.5, 0.6) is 0 Å². The summed E-state index contributed by atoms with van der Waals surface area (Å²) in [5.74, 6) is 0. The molecule has 88 valence electrons. The fourth-order valence-corrected chi connectivity index (χ4v) is 5.86. The van der Waals surface area contributed by atoms with Gasteiger partial charge >= 0.3 is 0 Å². The average Bonchev–Trinajstić information content (AvgIpc) is 2.20. The lowest BCUT2D eigenvalue weighted by molar-refractivity contribution is -0.00000312. The Hall–Kier alpha value is 1.16. The van der Waals surface area contributed by atoms with Gasteiger partial charge in [-0.1, -0.05) is 26.7 Å². The van der Waals surface area contributed by atoms with Crippen LogP contribution in [0.15, 0.2) is 0 Å². The van der Waals surface area contributed by atoms with E-state index in [-0.39, 0.29) is 24.0 Å². The molecule has 0 fully saturated rings. The highest BCUT2D eigenvalue weighted by atomic mass is 127. The molecule has 0 N–H and O–H groups in total. The summed E-state index contributed by atoms with van der Waals surface area (Å²) in [6.07, 6.45) is 11.8. The predicted octanol–water partition coefficient (Wildman–Crippen LogP) is 1.65. The van der Waals surface area contributed by atoms with Gasteiger partial charge in [-0.3, -0.25) is 0 Å². The van der Waals surface area contributed by atoms with Crippen LogP contribution >= 0.6 is 7.26 Å². The van der Waals surface area contributed by atoms with E-state index in [1.807, 2.05) is 0 Å². The maximum absolute atomic E-state index is 2.42. The van der Waals surface area contributed by atoms with Gasteiger partial charge in [0.15, 0.2) is 0 Å². The minimum absolute atomic E-state index is 0. The van der Waals surface area contributed by atoms with Crippen molar-refractivity contribution in [3.8, 4) is 0 Å². The van der Waals surface area contributed by atoms with Gasteiger partial charge in [-0.15, -0.1) is 0 Å². The zero-order valence-electron chi connectivity index (χ0n) is 10.5. The standard InChI is InChI=1S/C12H28P.HI/c1-5-9-11-13(7-3,8-4)12-10-6-2;/h5-12H2,1-4H3;1H/q+1;/p-1. The topological polar surface area (TPSA) is 0 Å². The second-order valence-corrected chi connectivity index (χ2v) is 8.97. The quantitative estimate of drug-likeness (QED) is 0.469. The molecule has 0 unspecified atom stereocenters. The van der Waals surface area contributed by atoms with Crippen molar-refractivity contribution >= 4 is 7.26 Å². The Bertz CT molecular complexity index is 101. The summed E-state index contributed by atoms with van der Waals surface area (Å²) in [6, 6.07) is 0. The summed E-state index contributed by atoms with van der Waals surface area (Å²) in [5, 5.41) is 0. The molecule has 0 bridgehead atoms.